The molecule has 0 aromatic heterocycles. The molecule has 1 fully saturated rings. The van der Waals surface area contributed by atoms with E-state index in [0.29, 0.717) is 5.56 Å². The number of nitrogens with zero attached hydrogens (tertiary/aromatic N) is 1. The van der Waals surface area contributed by atoms with E-state index in [2.05, 4.69) is 0 Å². The number of rotatable bonds is 4. The Bertz CT molecular complexity index is 623. The van der Waals surface area contributed by atoms with Crippen LogP contribution in [-0.2, 0) is 22.3 Å². The van der Waals surface area contributed by atoms with Gasteiger partial charge in [-0.05, 0) is 17.7 Å². The van der Waals surface area contributed by atoms with E-state index in [-0.39, 0.29) is 6.54 Å². The van der Waals surface area contributed by atoms with Gasteiger partial charge in [-0.15, -0.1) is 0 Å². The average molecular weight is 379 g/mol. The van der Waals surface area contributed by atoms with Crippen molar-refractivity contribution in [1.29, 1.82) is 0 Å². The molecule has 0 aliphatic carbocycles. The van der Waals surface area contributed by atoms with Crippen molar-refractivity contribution in [1.82, 2.24) is 4.90 Å². The molecular formula is C16H20F3NO6. The zero-order valence-electron chi connectivity index (χ0n) is 13.8. The lowest BCUT2D eigenvalue weighted by atomic mass is 9.95. The van der Waals surface area contributed by atoms with Crippen molar-refractivity contribution in [3.8, 4) is 0 Å². The molecular weight excluding hydrogens is 359 g/mol. The smallest absolute Gasteiger partial charge is 0.394 e. The van der Waals surface area contributed by atoms with Crippen LogP contribution < -0.4 is 0 Å². The Balaban J connectivity index is 2.22. The van der Waals surface area contributed by atoms with Gasteiger partial charge < -0.3 is 30.1 Å². The molecule has 7 nitrogen and oxygen atoms in total. The lowest BCUT2D eigenvalue weighted by molar-refractivity contribution is -0.271. The number of aliphatic hydroxyl groups excluding tert-OH is 4. The van der Waals surface area contributed by atoms with Crippen LogP contribution in [0.3, 0.4) is 0 Å². The van der Waals surface area contributed by atoms with Crippen LogP contribution in [0.2, 0.25) is 0 Å². The second kappa shape index (κ2) is 7.89. The third-order valence-corrected chi connectivity index (χ3v) is 4.27. The van der Waals surface area contributed by atoms with Crippen molar-refractivity contribution in [2.75, 3.05) is 6.61 Å². The monoisotopic (exact) mass is 379 g/mol. The molecule has 0 saturated carbocycles. The Hall–Kier alpha value is -1.72. The Kier molecular flexibility index (Phi) is 6.25. The van der Waals surface area contributed by atoms with Gasteiger partial charge in [0.2, 0.25) is 5.91 Å². The molecule has 146 valence electrons. The fourth-order valence-corrected chi connectivity index (χ4v) is 2.84. The molecule has 1 aromatic rings. The molecule has 1 saturated heterocycles. The van der Waals surface area contributed by atoms with Crippen molar-refractivity contribution in [2.24, 2.45) is 0 Å². The molecule has 0 bridgehead atoms. The van der Waals surface area contributed by atoms with Crippen LogP contribution in [0.1, 0.15) is 18.1 Å². The minimum atomic E-state index is -4.49. The average Bonchev–Trinajstić information content (AvgIpc) is 2.56. The molecule has 4 N–H and O–H groups in total. The van der Waals surface area contributed by atoms with E-state index in [9.17, 15) is 33.3 Å². The summed E-state index contributed by atoms with van der Waals surface area (Å²) in [5.74, 6) is -0.591. The van der Waals surface area contributed by atoms with Gasteiger partial charge >= 0.3 is 6.18 Å². The Labute approximate surface area is 147 Å². The highest BCUT2D eigenvalue weighted by Crippen LogP contribution is 2.30. The van der Waals surface area contributed by atoms with Crippen LogP contribution in [0.4, 0.5) is 13.2 Å². The summed E-state index contributed by atoms with van der Waals surface area (Å²) in [6.45, 7) is 0.279. The Morgan fingerprint density at radius 1 is 1.15 bits per heavy atom. The number of hydrogen-bond donors (Lipinski definition) is 4. The highest BCUT2D eigenvalue weighted by molar-refractivity contribution is 5.73. The molecule has 10 heteroatoms. The van der Waals surface area contributed by atoms with Gasteiger partial charge in [0.05, 0.1) is 12.2 Å². The summed E-state index contributed by atoms with van der Waals surface area (Å²) in [6, 6.07) is 2.71. The number of alkyl halides is 3. The fraction of sp³-hybridized carbons (Fsp3) is 0.562. The van der Waals surface area contributed by atoms with Gasteiger partial charge in [0.1, 0.15) is 24.4 Å². The number of carbonyl (C=O) groups excluding carboxylic acids is 1. The molecule has 1 amide bonds. The zero-order valence-corrected chi connectivity index (χ0v) is 13.8. The summed E-state index contributed by atoms with van der Waals surface area (Å²) in [5.41, 5.74) is -0.524. The zero-order chi connectivity index (χ0) is 19.6. The predicted molar refractivity (Wildman–Crippen MR) is 81.4 cm³/mol. The maximum atomic E-state index is 12.6. The van der Waals surface area contributed by atoms with Gasteiger partial charge in [-0.1, -0.05) is 12.1 Å². The maximum absolute atomic E-state index is 12.6. The lowest BCUT2D eigenvalue weighted by Crippen LogP contribution is -2.64. The number of aliphatic hydroxyl groups is 4. The first kappa shape index (κ1) is 20.6. The number of benzene rings is 1. The Morgan fingerprint density at radius 3 is 2.19 bits per heavy atom. The van der Waals surface area contributed by atoms with Crippen molar-refractivity contribution in [2.45, 2.75) is 50.3 Å². The van der Waals surface area contributed by atoms with Gasteiger partial charge in [-0.3, -0.25) is 4.79 Å². The van der Waals surface area contributed by atoms with E-state index in [1.54, 1.807) is 0 Å². The van der Waals surface area contributed by atoms with Crippen LogP contribution in [0.15, 0.2) is 24.3 Å². The van der Waals surface area contributed by atoms with Crippen LogP contribution in [0.25, 0.3) is 0 Å². The topological polar surface area (TPSA) is 110 Å². The fourth-order valence-electron chi connectivity index (χ4n) is 2.84. The highest BCUT2D eigenvalue weighted by Gasteiger charge is 2.47. The minimum absolute atomic E-state index is 0.216. The van der Waals surface area contributed by atoms with Gasteiger partial charge in [0.15, 0.2) is 6.29 Å². The molecule has 1 heterocycles. The van der Waals surface area contributed by atoms with Crippen LogP contribution >= 0.6 is 0 Å². The summed E-state index contributed by atoms with van der Waals surface area (Å²) in [4.78, 5) is 13.0. The summed E-state index contributed by atoms with van der Waals surface area (Å²) < 4.78 is 42.9. The first-order valence-corrected chi connectivity index (χ1v) is 7.80. The molecule has 1 aromatic carbocycles. The summed E-state index contributed by atoms with van der Waals surface area (Å²) in [7, 11) is 0. The molecule has 0 radical (unpaired) electrons. The Morgan fingerprint density at radius 2 is 1.73 bits per heavy atom. The van der Waals surface area contributed by atoms with Gasteiger partial charge in [0, 0.05) is 13.5 Å². The molecule has 1 aliphatic rings. The summed E-state index contributed by atoms with van der Waals surface area (Å²) >= 11 is 0. The third kappa shape index (κ3) is 4.33. The largest absolute Gasteiger partial charge is 0.416 e. The van der Waals surface area contributed by atoms with E-state index in [1.807, 2.05) is 0 Å². The normalized spacial score (nSPS) is 29.5. The van der Waals surface area contributed by atoms with E-state index in [0.717, 1.165) is 24.0 Å². The van der Waals surface area contributed by atoms with E-state index in [1.165, 1.54) is 12.1 Å². The molecule has 5 atom stereocenters. The number of carbonyl (C=O) groups is 1. The third-order valence-electron chi connectivity index (χ3n) is 4.27. The number of hydrogen-bond acceptors (Lipinski definition) is 6. The molecule has 0 unspecified atom stereocenters. The lowest BCUT2D eigenvalue weighted by Gasteiger charge is -2.44. The first-order chi connectivity index (χ1) is 12.1. The SMILES string of the molecule is CC(=O)N(Cc1ccc(C(F)(F)F)cc1)[C@@H]1[C@@H](O)[C@H](O)[C@@H](CO)O[C@@H]1O. The van der Waals surface area contributed by atoms with Crippen molar-refractivity contribution in [3.63, 3.8) is 0 Å². The highest BCUT2D eigenvalue weighted by atomic mass is 19.4. The van der Waals surface area contributed by atoms with Gasteiger partial charge in [-0.2, -0.15) is 13.2 Å². The predicted octanol–water partition coefficient (Wildman–Crippen LogP) is -0.146. The standard InChI is InChI=1S/C16H20F3NO6/c1-8(22)20(6-9-2-4-10(5-3-9)16(17,18)19)12-14(24)13(23)11(7-21)26-15(12)25/h2-5,11-15,21,23-25H,6-7H2,1H3/t11-,12-,13-,14-,15+/m1/s1. The second-order valence-electron chi connectivity index (χ2n) is 6.06. The molecule has 0 spiro atoms. The van der Waals surface area contributed by atoms with Crippen molar-refractivity contribution < 1.29 is 43.1 Å². The van der Waals surface area contributed by atoms with Crippen LogP contribution in [0.5, 0.6) is 0 Å². The van der Waals surface area contributed by atoms with Crippen LogP contribution in [0, 0.1) is 0 Å². The van der Waals surface area contributed by atoms with Crippen LogP contribution in [-0.4, -0.2) is 68.5 Å². The van der Waals surface area contributed by atoms with Gasteiger partial charge in [-0.25, -0.2) is 0 Å². The van der Waals surface area contributed by atoms with Crippen molar-refractivity contribution in [3.05, 3.63) is 35.4 Å². The van der Waals surface area contributed by atoms with E-state index in [4.69, 9.17) is 9.84 Å². The number of halogens is 3. The molecule has 26 heavy (non-hydrogen) atoms. The first-order valence-electron chi connectivity index (χ1n) is 7.80. The summed E-state index contributed by atoms with van der Waals surface area (Å²) in [5, 5.41) is 39.3. The molecule has 1 aliphatic heterocycles. The van der Waals surface area contributed by atoms with E-state index >= 15 is 0 Å². The van der Waals surface area contributed by atoms with E-state index < -0.39 is 54.9 Å². The van der Waals surface area contributed by atoms with Crippen molar-refractivity contribution >= 4 is 5.91 Å². The second-order valence-corrected chi connectivity index (χ2v) is 6.06. The number of ether oxygens (including phenoxy) is 1. The quantitative estimate of drug-likeness (QED) is 0.579. The summed E-state index contributed by atoms with van der Waals surface area (Å²) in [6.07, 6.45) is -10.6. The van der Waals surface area contributed by atoms with Gasteiger partial charge in [0.25, 0.3) is 0 Å². The number of amides is 1. The molecule has 2 rings (SSSR count). The maximum Gasteiger partial charge on any atom is 0.416 e. The minimum Gasteiger partial charge on any atom is -0.394 e.